The molecule has 0 spiro atoms. The van der Waals surface area contributed by atoms with Crippen LogP contribution in [0.4, 0.5) is 0 Å². The van der Waals surface area contributed by atoms with Crippen LogP contribution in [0.1, 0.15) is 18.1 Å². The Balaban J connectivity index is 0.00000240. The van der Waals surface area contributed by atoms with Gasteiger partial charge in [0.1, 0.15) is 18.2 Å². The topological polar surface area (TPSA) is 42.9 Å². The molecule has 0 aliphatic carbocycles. The number of benzene rings is 3. The SMILES string of the molecule is CCOCCOc1cc2ccc(-c3ccc(C)cc3)cc2cc1C1=NCCN1.Cl. The van der Waals surface area contributed by atoms with E-state index in [0.29, 0.717) is 19.8 Å². The Labute approximate surface area is 178 Å². The van der Waals surface area contributed by atoms with Crippen molar-refractivity contribution in [2.45, 2.75) is 13.8 Å². The molecule has 1 heterocycles. The van der Waals surface area contributed by atoms with Crippen LogP contribution in [0.15, 0.2) is 59.6 Å². The minimum absolute atomic E-state index is 0. The van der Waals surface area contributed by atoms with Crippen LogP contribution in [0.5, 0.6) is 5.75 Å². The van der Waals surface area contributed by atoms with Gasteiger partial charge in [-0.05, 0) is 53.9 Å². The van der Waals surface area contributed by atoms with Crippen molar-refractivity contribution in [1.82, 2.24) is 5.32 Å². The molecule has 0 atom stereocenters. The maximum Gasteiger partial charge on any atom is 0.132 e. The van der Waals surface area contributed by atoms with Gasteiger partial charge in [-0.2, -0.15) is 0 Å². The lowest BCUT2D eigenvalue weighted by Gasteiger charge is -2.14. The van der Waals surface area contributed by atoms with E-state index in [-0.39, 0.29) is 12.4 Å². The highest BCUT2D eigenvalue weighted by atomic mass is 35.5. The molecule has 4 rings (SSSR count). The van der Waals surface area contributed by atoms with Crippen LogP contribution < -0.4 is 10.1 Å². The van der Waals surface area contributed by atoms with Crippen molar-refractivity contribution in [3.05, 3.63) is 65.7 Å². The molecule has 4 nitrogen and oxygen atoms in total. The number of aliphatic imine (C=N–C) groups is 1. The van der Waals surface area contributed by atoms with E-state index in [0.717, 1.165) is 35.6 Å². The monoisotopic (exact) mass is 410 g/mol. The van der Waals surface area contributed by atoms with Crippen molar-refractivity contribution in [2.75, 3.05) is 32.9 Å². The first-order valence-electron chi connectivity index (χ1n) is 9.88. The number of ether oxygens (including phenoxy) is 2. The highest BCUT2D eigenvalue weighted by Gasteiger charge is 2.15. The standard InChI is InChI=1S/C24H26N2O2.ClH/c1-3-27-12-13-28-23-16-20-9-8-19(18-6-4-17(2)5-7-18)14-21(20)15-22(23)24-25-10-11-26-24;/h4-9,14-16H,3,10-13H2,1-2H3,(H,25,26);1H. The molecule has 1 aliphatic heterocycles. The van der Waals surface area contributed by atoms with Gasteiger partial charge in [-0.1, -0.05) is 42.0 Å². The molecule has 152 valence electrons. The zero-order valence-electron chi connectivity index (χ0n) is 16.9. The molecule has 0 bridgehead atoms. The molecule has 0 radical (unpaired) electrons. The number of hydrogen-bond acceptors (Lipinski definition) is 4. The smallest absolute Gasteiger partial charge is 0.132 e. The number of rotatable bonds is 7. The summed E-state index contributed by atoms with van der Waals surface area (Å²) < 4.78 is 11.5. The molecular weight excluding hydrogens is 384 g/mol. The van der Waals surface area contributed by atoms with Crippen molar-refractivity contribution in [3.8, 4) is 16.9 Å². The van der Waals surface area contributed by atoms with Gasteiger partial charge >= 0.3 is 0 Å². The molecular formula is C24H27ClN2O2. The molecule has 3 aromatic carbocycles. The zero-order valence-corrected chi connectivity index (χ0v) is 17.7. The second-order valence-electron chi connectivity index (χ2n) is 6.98. The summed E-state index contributed by atoms with van der Waals surface area (Å²) in [5.41, 5.74) is 4.72. The summed E-state index contributed by atoms with van der Waals surface area (Å²) in [6.07, 6.45) is 0. The van der Waals surface area contributed by atoms with Gasteiger partial charge < -0.3 is 14.8 Å². The van der Waals surface area contributed by atoms with E-state index in [2.05, 4.69) is 71.8 Å². The van der Waals surface area contributed by atoms with E-state index in [4.69, 9.17) is 9.47 Å². The van der Waals surface area contributed by atoms with Gasteiger partial charge in [0, 0.05) is 13.2 Å². The molecule has 29 heavy (non-hydrogen) atoms. The summed E-state index contributed by atoms with van der Waals surface area (Å²) in [5, 5.41) is 5.71. The van der Waals surface area contributed by atoms with Crippen LogP contribution in [0.2, 0.25) is 0 Å². The third-order valence-corrected chi connectivity index (χ3v) is 4.94. The largest absolute Gasteiger partial charge is 0.490 e. The number of amidine groups is 1. The summed E-state index contributed by atoms with van der Waals surface area (Å²) in [7, 11) is 0. The fourth-order valence-electron chi connectivity index (χ4n) is 3.44. The first-order valence-corrected chi connectivity index (χ1v) is 9.88. The Hall–Kier alpha value is -2.56. The second kappa shape index (κ2) is 9.77. The zero-order chi connectivity index (χ0) is 19.3. The first kappa shape index (κ1) is 21.2. The Morgan fingerprint density at radius 2 is 1.72 bits per heavy atom. The van der Waals surface area contributed by atoms with E-state index in [9.17, 15) is 0 Å². The quantitative estimate of drug-likeness (QED) is 0.557. The lowest BCUT2D eigenvalue weighted by molar-refractivity contribution is 0.110. The minimum atomic E-state index is 0. The number of nitrogens with one attached hydrogen (secondary N) is 1. The highest BCUT2D eigenvalue weighted by molar-refractivity contribution is 6.06. The van der Waals surface area contributed by atoms with Gasteiger partial charge in [0.05, 0.1) is 18.7 Å². The van der Waals surface area contributed by atoms with Crippen molar-refractivity contribution >= 4 is 29.0 Å². The van der Waals surface area contributed by atoms with E-state index in [1.807, 2.05) is 6.92 Å². The normalized spacial score (nSPS) is 13.0. The van der Waals surface area contributed by atoms with Crippen LogP contribution in [-0.2, 0) is 4.74 Å². The Morgan fingerprint density at radius 3 is 2.45 bits per heavy atom. The molecule has 3 aromatic rings. The van der Waals surface area contributed by atoms with Crippen molar-refractivity contribution < 1.29 is 9.47 Å². The molecule has 1 aliphatic rings. The minimum Gasteiger partial charge on any atom is -0.490 e. The Kier molecular flexibility index (Phi) is 7.13. The summed E-state index contributed by atoms with van der Waals surface area (Å²) in [5.74, 6) is 1.76. The van der Waals surface area contributed by atoms with E-state index >= 15 is 0 Å². The third-order valence-electron chi connectivity index (χ3n) is 4.94. The van der Waals surface area contributed by atoms with Gasteiger partial charge in [0.2, 0.25) is 0 Å². The van der Waals surface area contributed by atoms with Gasteiger partial charge in [0.25, 0.3) is 0 Å². The number of nitrogens with zero attached hydrogens (tertiary/aromatic N) is 1. The second-order valence-corrected chi connectivity index (χ2v) is 6.98. The van der Waals surface area contributed by atoms with Crippen LogP contribution in [0, 0.1) is 6.92 Å². The average molecular weight is 411 g/mol. The summed E-state index contributed by atoms with van der Waals surface area (Å²) in [4.78, 5) is 4.60. The maximum atomic E-state index is 6.04. The number of aryl methyl sites for hydroxylation is 1. The molecule has 1 N–H and O–H groups in total. The van der Waals surface area contributed by atoms with Crippen molar-refractivity contribution in [2.24, 2.45) is 4.99 Å². The Bertz CT molecular complexity index is 1000. The Morgan fingerprint density at radius 1 is 0.931 bits per heavy atom. The summed E-state index contributed by atoms with van der Waals surface area (Å²) >= 11 is 0. The van der Waals surface area contributed by atoms with Gasteiger partial charge in [-0.15, -0.1) is 12.4 Å². The number of halogens is 1. The fourth-order valence-corrected chi connectivity index (χ4v) is 3.44. The van der Waals surface area contributed by atoms with Gasteiger partial charge in [-0.3, -0.25) is 4.99 Å². The molecule has 0 aromatic heterocycles. The van der Waals surface area contributed by atoms with Crippen LogP contribution in [0.25, 0.3) is 21.9 Å². The predicted molar refractivity (Wildman–Crippen MR) is 123 cm³/mol. The number of fused-ring (bicyclic) bond motifs is 1. The molecule has 5 heteroatoms. The molecule has 0 unspecified atom stereocenters. The summed E-state index contributed by atoms with van der Waals surface area (Å²) in [6.45, 7) is 7.58. The summed E-state index contributed by atoms with van der Waals surface area (Å²) in [6, 6.07) is 19.5. The van der Waals surface area contributed by atoms with E-state index in [1.54, 1.807) is 0 Å². The first-order chi connectivity index (χ1) is 13.7. The van der Waals surface area contributed by atoms with Gasteiger partial charge in [-0.25, -0.2) is 0 Å². The molecule has 0 amide bonds. The van der Waals surface area contributed by atoms with Crippen molar-refractivity contribution in [1.29, 1.82) is 0 Å². The lowest BCUT2D eigenvalue weighted by Crippen LogP contribution is -2.20. The van der Waals surface area contributed by atoms with Crippen LogP contribution in [0.3, 0.4) is 0 Å². The maximum absolute atomic E-state index is 6.04. The molecule has 0 saturated heterocycles. The van der Waals surface area contributed by atoms with Crippen LogP contribution >= 0.6 is 12.4 Å². The van der Waals surface area contributed by atoms with E-state index in [1.165, 1.54) is 22.1 Å². The van der Waals surface area contributed by atoms with Gasteiger partial charge in [0.15, 0.2) is 0 Å². The lowest BCUT2D eigenvalue weighted by atomic mass is 9.98. The van der Waals surface area contributed by atoms with E-state index < -0.39 is 0 Å². The highest BCUT2D eigenvalue weighted by Crippen LogP contribution is 2.31. The number of hydrogen-bond donors (Lipinski definition) is 1. The molecule has 0 saturated carbocycles. The third kappa shape index (κ3) is 4.89. The predicted octanol–water partition coefficient (Wildman–Crippen LogP) is 5.00. The van der Waals surface area contributed by atoms with Crippen LogP contribution in [-0.4, -0.2) is 38.7 Å². The fraction of sp³-hybridized carbons (Fsp3) is 0.292. The van der Waals surface area contributed by atoms with Crippen molar-refractivity contribution in [3.63, 3.8) is 0 Å². The molecule has 0 fully saturated rings. The average Bonchev–Trinajstić information content (AvgIpc) is 3.25.